The van der Waals surface area contributed by atoms with E-state index in [1.165, 1.54) is 6.07 Å². The summed E-state index contributed by atoms with van der Waals surface area (Å²) in [5.74, 6) is 0. The van der Waals surface area contributed by atoms with Crippen LogP contribution in [0.25, 0.3) is 10.4 Å². The molecule has 2 aromatic rings. The summed E-state index contributed by atoms with van der Waals surface area (Å²) in [6, 6.07) is 7.12. The highest BCUT2D eigenvalue weighted by molar-refractivity contribution is 7.16. The summed E-state index contributed by atoms with van der Waals surface area (Å²) in [6.07, 6.45) is -2.95. The molecule has 21 heavy (non-hydrogen) atoms. The number of anilines is 1. The second-order valence-electron chi connectivity index (χ2n) is 4.59. The highest BCUT2D eigenvalue weighted by Crippen LogP contribution is 2.40. The van der Waals surface area contributed by atoms with Gasteiger partial charge in [-0.05, 0) is 29.7 Å². The second-order valence-corrected chi connectivity index (χ2v) is 5.61. The molecule has 6 heteroatoms. The molecule has 1 aromatic heterocycles. The van der Waals surface area contributed by atoms with Crippen LogP contribution in [0.4, 0.5) is 18.9 Å². The molecular weight excluding hydrogens is 297 g/mol. The minimum atomic E-state index is -4.39. The molecule has 0 saturated carbocycles. The number of hydrogen-bond acceptors (Lipinski definition) is 3. The molecule has 110 valence electrons. The number of nitriles is 1. The number of halogens is 3. The zero-order chi connectivity index (χ0) is 15.6. The van der Waals surface area contributed by atoms with E-state index in [1.54, 1.807) is 6.07 Å². The van der Waals surface area contributed by atoms with Gasteiger partial charge < -0.3 is 5.73 Å². The summed E-state index contributed by atoms with van der Waals surface area (Å²) < 4.78 is 38.4. The van der Waals surface area contributed by atoms with Crippen LogP contribution in [0.5, 0.6) is 0 Å². The number of benzene rings is 1. The molecular formula is C15H13F3N2S. The van der Waals surface area contributed by atoms with Crippen molar-refractivity contribution in [3.63, 3.8) is 0 Å². The highest BCUT2D eigenvalue weighted by atomic mass is 32.1. The number of nitrogen functional groups attached to an aromatic ring is 1. The van der Waals surface area contributed by atoms with Crippen molar-refractivity contribution in [2.24, 2.45) is 0 Å². The third-order valence-electron chi connectivity index (χ3n) is 3.10. The Morgan fingerprint density at radius 3 is 2.62 bits per heavy atom. The molecule has 2 nitrogen and oxygen atoms in total. The first kappa shape index (κ1) is 15.4. The summed E-state index contributed by atoms with van der Waals surface area (Å²) >= 11 is 1.15. The predicted molar refractivity (Wildman–Crippen MR) is 77.9 cm³/mol. The average molecular weight is 310 g/mol. The first-order chi connectivity index (χ1) is 9.88. The van der Waals surface area contributed by atoms with Crippen LogP contribution in [-0.2, 0) is 12.6 Å². The lowest BCUT2D eigenvalue weighted by Crippen LogP contribution is -2.04. The van der Waals surface area contributed by atoms with E-state index in [0.717, 1.165) is 35.5 Å². The van der Waals surface area contributed by atoms with Crippen molar-refractivity contribution in [1.82, 2.24) is 0 Å². The summed E-state index contributed by atoms with van der Waals surface area (Å²) in [4.78, 5) is 1.00. The molecule has 0 saturated heterocycles. The van der Waals surface area contributed by atoms with Crippen LogP contribution in [0.1, 0.15) is 29.3 Å². The molecule has 0 atom stereocenters. The maximum atomic E-state index is 12.8. The maximum absolute atomic E-state index is 12.8. The number of thiophene rings is 1. The van der Waals surface area contributed by atoms with Gasteiger partial charge in [0.2, 0.25) is 0 Å². The van der Waals surface area contributed by atoms with Gasteiger partial charge in [-0.2, -0.15) is 18.4 Å². The van der Waals surface area contributed by atoms with Gasteiger partial charge in [-0.3, -0.25) is 0 Å². The molecule has 1 aromatic carbocycles. The summed E-state index contributed by atoms with van der Waals surface area (Å²) in [6.45, 7) is 1.96. The Morgan fingerprint density at radius 1 is 1.33 bits per heavy atom. The van der Waals surface area contributed by atoms with Crippen molar-refractivity contribution in [1.29, 1.82) is 5.26 Å². The fraction of sp³-hybridized carbons (Fsp3) is 0.267. The first-order valence-corrected chi connectivity index (χ1v) is 7.19. The van der Waals surface area contributed by atoms with Crippen LogP contribution in [0.2, 0.25) is 0 Å². The van der Waals surface area contributed by atoms with E-state index < -0.39 is 11.7 Å². The van der Waals surface area contributed by atoms with Gasteiger partial charge in [0.25, 0.3) is 0 Å². The summed E-state index contributed by atoms with van der Waals surface area (Å²) in [7, 11) is 0. The molecule has 0 aliphatic rings. The fourth-order valence-electron chi connectivity index (χ4n) is 2.13. The van der Waals surface area contributed by atoms with Crippen LogP contribution in [-0.4, -0.2) is 0 Å². The van der Waals surface area contributed by atoms with E-state index in [1.807, 2.05) is 13.0 Å². The quantitative estimate of drug-likeness (QED) is 0.881. The number of rotatable bonds is 3. The van der Waals surface area contributed by atoms with Gasteiger partial charge in [-0.25, -0.2) is 0 Å². The Balaban J connectivity index is 2.59. The van der Waals surface area contributed by atoms with Gasteiger partial charge >= 0.3 is 6.18 Å². The lowest BCUT2D eigenvalue weighted by atomic mass is 10.0. The van der Waals surface area contributed by atoms with Crippen molar-refractivity contribution in [2.45, 2.75) is 25.9 Å². The van der Waals surface area contributed by atoms with Gasteiger partial charge in [-0.1, -0.05) is 25.5 Å². The Morgan fingerprint density at radius 2 is 2.05 bits per heavy atom. The van der Waals surface area contributed by atoms with Crippen molar-refractivity contribution in [3.05, 3.63) is 40.3 Å². The number of nitrogens with zero attached hydrogens (tertiary/aromatic N) is 1. The van der Waals surface area contributed by atoms with Crippen LogP contribution < -0.4 is 5.73 Å². The van der Waals surface area contributed by atoms with Crippen LogP contribution in [0, 0.1) is 11.3 Å². The summed E-state index contributed by atoms with van der Waals surface area (Å²) in [5.41, 5.74) is 6.83. The van der Waals surface area contributed by atoms with E-state index in [9.17, 15) is 13.2 Å². The predicted octanol–water partition coefficient (Wildman–Crippen LogP) is 4.84. The van der Waals surface area contributed by atoms with Crippen molar-refractivity contribution >= 4 is 17.0 Å². The summed E-state index contributed by atoms with van der Waals surface area (Å²) in [5, 5.41) is 9.06. The first-order valence-electron chi connectivity index (χ1n) is 6.37. The minimum absolute atomic E-state index is 0.353. The zero-order valence-electron chi connectivity index (χ0n) is 11.3. The van der Waals surface area contributed by atoms with Crippen LogP contribution >= 0.6 is 11.3 Å². The molecule has 0 bridgehead atoms. The maximum Gasteiger partial charge on any atom is 0.416 e. The lowest BCUT2D eigenvalue weighted by molar-refractivity contribution is -0.137. The zero-order valence-corrected chi connectivity index (χ0v) is 12.1. The molecule has 0 amide bonds. The van der Waals surface area contributed by atoms with Gasteiger partial charge in [0.15, 0.2) is 0 Å². The number of alkyl halides is 3. The van der Waals surface area contributed by atoms with E-state index in [-0.39, 0.29) is 0 Å². The van der Waals surface area contributed by atoms with Gasteiger partial charge in [0.1, 0.15) is 10.9 Å². The Labute approximate surface area is 124 Å². The SMILES string of the molecule is CCCc1c(-c2cccc(C(F)(F)F)c2)sc(C#N)c1N. The Kier molecular flexibility index (Phi) is 4.24. The Bertz CT molecular complexity index is 696. The molecule has 0 aliphatic heterocycles. The molecule has 0 spiro atoms. The topological polar surface area (TPSA) is 49.8 Å². The second kappa shape index (κ2) is 5.78. The molecule has 2 N–H and O–H groups in total. The standard InChI is InChI=1S/C15H13F3N2S/c1-2-4-11-13(20)12(8-19)21-14(11)9-5-3-6-10(7-9)15(16,17)18/h3,5-7H,2,4,20H2,1H3. The molecule has 1 heterocycles. The van der Waals surface area contributed by atoms with Crippen molar-refractivity contribution < 1.29 is 13.2 Å². The molecule has 2 rings (SSSR count). The van der Waals surface area contributed by atoms with E-state index in [0.29, 0.717) is 27.4 Å². The highest BCUT2D eigenvalue weighted by Gasteiger charge is 2.31. The third-order valence-corrected chi connectivity index (χ3v) is 4.30. The molecule has 0 unspecified atom stereocenters. The normalized spacial score (nSPS) is 11.4. The minimum Gasteiger partial charge on any atom is -0.397 e. The largest absolute Gasteiger partial charge is 0.416 e. The molecule has 0 radical (unpaired) electrons. The number of hydrogen-bond donors (Lipinski definition) is 1. The van der Waals surface area contributed by atoms with E-state index in [4.69, 9.17) is 11.0 Å². The van der Waals surface area contributed by atoms with Crippen molar-refractivity contribution in [3.8, 4) is 16.5 Å². The molecule has 0 fully saturated rings. The van der Waals surface area contributed by atoms with Crippen LogP contribution in [0.3, 0.4) is 0 Å². The van der Waals surface area contributed by atoms with Gasteiger partial charge in [0.05, 0.1) is 11.3 Å². The number of nitrogens with two attached hydrogens (primary N) is 1. The monoisotopic (exact) mass is 310 g/mol. The lowest BCUT2D eigenvalue weighted by Gasteiger charge is -2.09. The van der Waals surface area contributed by atoms with Crippen LogP contribution in [0.15, 0.2) is 24.3 Å². The fourth-order valence-corrected chi connectivity index (χ4v) is 3.19. The van der Waals surface area contributed by atoms with Gasteiger partial charge in [0, 0.05) is 4.88 Å². The van der Waals surface area contributed by atoms with Crippen molar-refractivity contribution in [2.75, 3.05) is 5.73 Å². The van der Waals surface area contributed by atoms with E-state index >= 15 is 0 Å². The van der Waals surface area contributed by atoms with Gasteiger partial charge in [-0.15, -0.1) is 11.3 Å². The Hall–Kier alpha value is -2.00. The smallest absolute Gasteiger partial charge is 0.397 e. The molecule has 0 aliphatic carbocycles. The average Bonchev–Trinajstić information content (AvgIpc) is 2.76. The van der Waals surface area contributed by atoms with E-state index in [2.05, 4.69) is 0 Å². The third kappa shape index (κ3) is 3.03.